The maximum atomic E-state index is 16.6. The summed E-state index contributed by atoms with van der Waals surface area (Å²) < 4.78 is 42.3. The van der Waals surface area contributed by atoms with Gasteiger partial charge in [0, 0.05) is 47.9 Å². The van der Waals surface area contributed by atoms with Crippen LogP contribution in [0.3, 0.4) is 0 Å². The van der Waals surface area contributed by atoms with Crippen LogP contribution >= 0.6 is 11.6 Å². The smallest absolute Gasteiger partial charge is 0.320 e. The predicted octanol–water partition coefficient (Wildman–Crippen LogP) is 7.34. The van der Waals surface area contributed by atoms with E-state index in [9.17, 15) is 4.79 Å². The third-order valence-electron chi connectivity index (χ3n) is 13.0. The molecule has 1 N–H and O–H groups in total. The molecular weight excluding hydrogens is 775 g/mol. The standard InChI is InChI=1S/C31H36ClFN6O3.C13H22N2O2/c1-30(2,3)42-28-22-16-34-26(20-14-19(32)15-23-21(20)17-35-39(23)24-8-4-5-13-40-24)25(33)27(22)36-29(37-28)41-18-31-9-6-11-38(31)12-7-10-31;16-13(9-17-8-10-1-2-10)15-6-4-11-3-5-14-7-12(11)15/h14-17,24H,4-13,18H2,1-3H3;10-12,14H,1-9H2. The van der Waals surface area contributed by atoms with E-state index >= 15 is 4.39 Å². The molecule has 10 rings (SSSR count). The molecule has 15 heteroatoms. The second-order valence-corrected chi connectivity index (χ2v) is 18.8. The van der Waals surface area contributed by atoms with Gasteiger partial charge in [0.25, 0.3) is 0 Å². The average Bonchev–Trinajstić information content (AvgIpc) is 3.51. The first-order chi connectivity index (χ1) is 28.5. The summed E-state index contributed by atoms with van der Waals surface area (Å²) in [6, 6.07) is 4.08. The lowest BCUT2D eigenvalue weighted by Gasteiger charge is -2.32. The first-order valence-electron chi connectivity index (χ1n) is 21.8. The molecule has 3 atom stereocenters. The lowest BCUT2D eigenvalue weighted by Crippen LogP contribution is -2.48. The van der Waals surface area contributed by atoms with Crippen molar-refractivity contribution in [2.24, 2.45) is 11.8 Å². The average molecular weight is 833 g/mol. The quantitative estimate of drug-likeness (QED) is 0.172. The van der Waals surface area contributed by atoms with Crippen molar-refractivity contribution in [1.29, 1.82) is 0 Å². The zero-order valence-electron chi connectivity index (χ0n) is 34.7. The monoisotopic (exact) mass is 832 g/mol. The molecule has 8 heterocycles. The van der Waals surface area contributed by atoms with Gasteiger partial charge in [-0.3, -0.25) is 14.7 Å². The van der Waals surface area contributed by atoms with Gasteiger partial charge in [-0.1, -0.05) is 11.6 Å². The Morgan fingerprint density at radius 2 is 1.85 bits per heavy atom. The number of halogens is 2. The number of benzene rings is 1. The normalized spacial score (nSPS) is 24.2. The fraction of sp³-hybridized carbons (Fsp3) is 0.659. The second-order valence-electron chi connectivity index (χ2n) is 18.4. The Labute approximate surface area is 350 Å². The molecule has 6 aliphatic rings. The van der Waals surface area contributed by atoms with Crippen LogP contribution in [-0.2, 0) is 14.3 Å². The molecule has 59 heavy (non-hydrogen) atoms. The molecule has 1 amide bonds. The molecule has 6 fully saturated rings. The highest BCUT2D eigenvalue weighted by atomic mass is 35.5. The highest BCUT2D eigenvalue weighted by Crippen LogP contribution is 2.41. The summed E-state index contributed by atoms with van der Waals surface area (Å²) in [7, 11) is 0. The molecule has 3 unspecified atom stereocenters. The van der Waals surface area contributed by atoms with Crippen LogP contribution in [0.5, 0.6) is 11.9 Å². The number of piperidine rings is 1. The van der Waals surface area contributed by atoms with Gasteiger partial charge in [0.05, 0.1) is 29.2 Å². The highest BCUT2D eigenvalue weighted by molar-refractivity contribution is 6.32. The summed E-state index contributed by atoms with van der Waals surface area (Å²) in [4.78, 5) is 30.4. The van der Waals surface area contributed by atoms with Gasteiger partial charge in [-0.25, -0.2) is 9.07 Å². The van der Waals surface area contributed by atoms with E-state index in [2.05, 4.69) is 30.3 Å². The van der Waals surface area contributed by atoms with Crippen LogP contribution < -0.4 is 14.8 Å². The topological polar surface area (TPSA) is 129 Å². The van der Waals surface area contributed by atoms with Crippen molar-refractivity contribution in [3.05, 3.63) is 35.4 Å². The van der Waals surface area contributed by atoms with Crippen molar-refractivity contribution in [3.63, 3.8) is 0 Å². The number of hydrogen-bond donors (Lipinski definition) is 1. The van der Waals surface area contributed by atoms with Gasteiger partial charge in [0.2, 0.25) is 11.8 Å². The number of ether oxygens (including phenoxy) is 4. The van der Waals surface area contributed by atoms with Gasteiger partial charge in [-0.05, 0) is 135 Å². The lowest BCUT2D eigenvalue weighted by atomic mass is 9.93. The fourth-order valence-corrected chi connectivity index (χ4v) is 10.0. The second kappa shape index (κ2) is 17.0. The van der Waals surface area contributed by atoms with Gasteiger partial charge in [0.1, 0.15) is 30.0 Å². The summed E-state index contributed by atoms with van der Waals surface area (Å²) in [5.74, 6) is 1.31. The number of nitrogens with zero attached hydrogens (tertiary/aromatic N) is 7. The van der Waals surface area contributed by atoms with Crippen molar-refractivity contribution >= 4 is 39.3 Å². The summed E-state index contributed by atoms with van der Waals surface area (Å²) in [6.45, 7) is 13.2. The van der Waals surface area contributed by atoms with E-state index in [-0.39, 0.29) is 40.8 Å². The Bertz CT molecular complexity index is 2140. The Morgan fingerprint density at radius 3 is 2.61 bits per heavy atom. The van der Waals surface area contributed by atoms with Crippen LogP contribution in [0, 0.1) is 17.7 Å². The van der Waals surface area contributed by atoms with E-state index in [1.807, 2.05) is 36.4 Å². The zero-order valence-corrected chi connectivity index (χ0v) is 35.4. The summed E-state index contributed by atoms with van der Waals surface area (Å²) in [5.41, 5.74) is 0.944. The van der Waals surface area contributed by atoms with Crippen LogP contribution in [0.15, 0.2) is 24.5 Å². The molecule has 5 saturated heterocycles. The van der Waals surface area contributed by atoms with E-state index in [4.69, 9.17) is 30.5 Å². The number of fused-ring (bicyclic) bond motifs is 4. The summed E-state index contributed by atoms with van der Waals surface area (Å²) >= 11 is 6.58. The molecule has 0 bridgehead atoms. The minimum absolute atomic E-state index is 0.0000881. The number of rotatable bonds is 10. The van der Waals surface area contributed by atoms with Crippen LogP contribution in [0.1, 0.15) is 97.6 Å². The molecule has 13 nitrogen and oxygen atoms in total. The van der Waals surface area contributed by atoms with Crippen molar-refractivity contribution in [3.8, 4) is 23.1 Å². The van der Waals surface area contributed by atoms with Gasteiger partial charge < -0.3 is 29.2 Å². The molecule has 4 aromatic rings. The van der Waals surface area contributed by atoms with E-state index in [0.29, 0.717) is 41.8 Å². The van der Waals surface area contributed by atoms with Gasteiger partial charge in [-0.15, -0.1) is 0 Å². The molecule has 1 aromatic carbocycles. The molecule has 0 radical (unpaired) electrons. The Kier molecular flexibility index (Phi) is 11.7. The summed E-state index contributed by atoms with van der Waals surface area (Å²) in [5, 5.41) is 9.57. The SMILES string of the molecule is CC(C)(C)Oc1nc(OCC23CCCN2CCC3)nc2c(F)c(-c3cc(Cl)cc4c3cnn4C3CCCCO3)ncc12.O=C(COCC1CC1)N1CCC2CCNCC21. The van der Waals surface area contributed by atoms with Crippen LogP contribution in [-0.4, -0.2) is 117 Å². The minimum atomic E-state index is -0.592. The predicted molar refractivity (Wildman–Crippen MR) is 223 cm³/mol. The molecule has 3 aromatic heterocycles. The fourth-order valence-electron chi connectivity index (χ4n) is 9.80. The number of likely N-dealkylation sites (tertiary alicyclic amines) is 1. The molecule has 0 spiro atoms. The number of nitrogens with one attached hydrogen (secondary N) is 1. The Balaban J connectivity index is 0.000000219. The van der Waals surface area contributed by atoms with Crippen molar-refractivity contribution in [1.82, 2.24) is 39.8 Å². The number of hydrogen-bond acceptors (Lipinski definition) is 11. The molecule has 1 aliphatic carbocycles. The highest BCUT2D eigenvalue weighted by Gasteiger charge is 2.45. The maximum absolute atomic E-state index is 16.6. The van der Waals surface area contributed by atoms with Crippen LogP contribution in [0.25, 0.3) is 33.1 Å². The van der Waals surface area contributed by atoms with E-state index in [1.54, 1.807) is 18.5 Å². The third-order valence-corrected chi connectivity index (χ3v) is 13.2. The van der Waals surface area contributed by atoms with Gasteiger partial charge >= 0.3 is 6.01 Å². The van der Waals surface area contributed by atoms with Crippen LogP contribution in [0.2, 0.25) is 5.02 Å². The van der Waals surface area contributed by atoms with Gasteiger partial charge in [-0.2, -0.15) is 15.1 Å². The molecule has 318 valence electrons. The van der Waals surface area contributed by atoms with Gasteiger partial charge in [0.15, 0.2) is 12.0 Å². The van der Waals surface area contributed by atoms with Crippen molar-refractivity contribution in [2.45, 2.75) is 115 Å². The molecule has 5 aliphatic heterocycles. The lowest BCUT2D eigenvalue weighted by molar-refractivity contribution is -0.137. The van der Waals surface area contributed by atoms with E-state index < -0.39 is 11.4 Å². The Hall–Kier alpha value is -3.69. The number of aromatic nitrogens is 5. The van der Waals surface area contributed by atoms with E-state index in [1.165, 1.54) is 25.7 Å². The number of amides is 1. The first-order valence-corrected chi connectivity index (χ1v) is 22.2. The third kappa shape index (κ3) is 8.75. The van der Waals surface area contributed by atoms with E-state index in [0.717, 1.165) is 107 Å². The molecule has 1 saturated carbocycles. The van der Waals surface area contributed by atoms with Crippen molar-refractivity contribution < 1.29 is 28.1 Å². The number of carbonyl (C=O) groups excluding carboxylic acids is 1. The molecular formula is C44H58ClFN8O5. The minimum Gasteiger partial charge on any atom is -0.471 e. The summed E-state index contributed by atoms with van der Waals surface area (Å²) in [6.07, 6.45) is 15.5. The number of pyridine rings is 1. The Morgan fingerprint density at radius 1 is 1.02 bits per heavy atom. The largest absolute Gasteiger partial charge is 0.471 e. The zero-order chi connectivity index (χ0) is 40.7. The van der Waals surface area contributed by atoms with Crippen molar-refractivity contribution in [2.75, 3.05) is 59.2 Å². The van der Waals surface area contributed by atoms with Crippen LogP contribution in [0.4, 0.5) is 4.39 Å². The number of carbonyl (C=O) groups is 1. The maximum Gasteiger partial charge on any atom is 0.320 e. The first kappa shape index (κ1) is 40.7.